The van der Waals surface area contributed by atoms with Crippen LogP contribution in [-0.4, -0.2) is 18.2 Å². The van der Waals surface area contributed by atoms with Crippen LogP contribution in [-0.2, 0) is 0 Å². The number of hydrogen-bond acceptors (Lipinski definition) is 2. The molecule has 0 aliphatic carbocycles. The second-order valence-corrected chi connectivity index (χ2v) is 5.04. The lowest BCUT2D eigenvalue weighted by atomic mass is 10.1. The molecule has 1 aromatic carbocycles. The highest BCUT2D eigenvalue weighted by Crippen LogP contribution is 2.28. The summed E-state index contributed by atoms with van der Waals surface area (Å²) in [7, 11) is 2.08. The number of halogens is 1. The molecule has 0 aliphatic heterocycles. The number of benzene rings is 1. The Kier molecular flexibility index (Phi) is 5.29. The molecule has 1 aromatic rings. The van der Waals surface area contributed by atoms with Gasteiger partial charge < -0.3 is 10.0 Å². The van der Waals surface area contributed by atoms with Crippen LogP contribution in [0.2, 0.25) is 5.02 Å². The highest BCUT2D eigenvalue weighted by molar-refractivity contribution is 6.31. The normalized spacial score (nSPS) is 14.5. The second-order valence-electron chi connectivity index (χ2n) is 4.63. The standard InChI is InChI=1S/C14H22ClNO/c1-5-6-10(2)16(4)12-7-8-13(11(3)17)14(15)9-12/h7-11,17H,5-6H2,1-4H3. The predicted octanol–water partition coefficient (Wildman–Crippen LogP) is 4.02. The highest BCUT2D eigenvalue weighted by Gasteiger charge is 2.12. The van der Waals surface area contributed by atoms with Crippen LogP contribution in [0.25, 0.3) is 0 Å². The van der Waals surface area contributed by atoms with E-state index in [9.17, 15) is 5.11 Å². The third-order valence-electron chi connectivity index (χ3n) is 3.21. The first-order valence-electron chi connectivity index (χ1n) is 6.17. The van der Waals surface area contributed by atoms with Crippen molar-refractivity contribution in [3.05, 3.63) is 28.8 Å². The van der Waals surface area contributed by atoms with Gasteiger partial charge in [-0.3, -0.25) is 0 Å². The van der Waals surface area contributed by atoms with Crippen LogP contribution in [0.3, 0.4) is 0 Å². The third kappa shape index (κ3) is 3.62. The largest absolute Gasteiger partial charge is 0.389 e. The first-order chi connectivity index (χ1) is 7.97. The molecule has 0 radical (unpaired) electrons. The van der Waals surface area contributed by atoms with Crippen LogP contribution in [0.5, 0.6) is 0 Å². The number of anilines is 1. The maximum absolute atomic E-state index is 9.53. The van der Waals surface area contributed by atoms with E-state index in [4.69, 9.17) is 11.6 Å². The molecule has 3 heteroatoms. The lowest BCUT2D eigenvalue weighted by Gasteiger charge is -2.27. The van der Waals surface area contributed by atoms with Crippen molar-refractivity contribution in [3.63, 3.8) is 0 Å². The summed E-state index contributed by atoms with van der Waals surface area (Å²) in [6, 6.07) is 6.33. The van der Waals surface area contributed by atoms with Gasteiger partial charge in [-0.2, -0.15) is 0 Å². The zero-order valence-electron chi connectivity index (χ0n) is 11.1. The molecule has 1 rings (SSSR count). The average Bonchev–Trinajstić information content (AvgIpc) is 2.27. The molecule has 0 bridgehead atoms. The van der Waals surface area contributed by atoms with Gasteiger partial charge in [-0.1, -0.05) is 31.0 Å². The summed E-state index contributed by atoms with van der Waals surface area (Å²) in [5.41, 5.74) is 1.88. The fourth-order valence-electron chi connectivity index (χ4n) is 1.94. The highest BCUT2D eigenvalue weighted by atomic mass is 35.5. The van der Waals surface area contributed by atoms with Crippen molar-refractivity contribution >= 4 is 17.3 Å². The Morgan fingerprint density at radius 1 is 1.35 bits per heavy atom. The molecule has 0 aromatic heterocycles. The van der Waals surface area contributed by atoms with E-state index < -0.39 is 6.10 Å². The quantitative estimate of drug-likeness (QED) is 0.859. The number of nitrogens with zero attached hydrogens (tertiary/aromatic N) is 1. The van der Waals surface area contributed by atoms with Gasteiger partial charge in [0.15, 0.2) is 0 Å². The van der Waals surface area contributed by atoms with Crippen LogP contribution < -0.4 is 4.90 Å². The molecule has 0 amide bonds. The molecule has 0 spiro atoms. The van der Waals surface area contributed by atoms with Crippen molar-refractivity contribution < 1.29 is 5.11 Å². The molecule has 2 atom stereocenters. The first-order valence-corrected chi connectivity index (χ1v) is 6.55. The van der Waals surface area contributed by atoms with E-state index in [0.717, 1.165) is 17.7 Å². The minimum Gasteiger partial charge on any atom is -0.389 e. The van der Waals surface area contributed by atoms with Gasteiger partial charge in [0.2, 0.25) is 0 Å². The lowest BCUT2D eigenvalue weighted by Crippen LogP contribution is -2.28. The minimum atomic E-state index is -0.519. The Morgan fingerprint density at radius 3 is 2.47 bits per heavy atom. The zero-order chi connectivity index (χ0) is 13.0. The molecule has 0 aliphatic rings. The average molecular weight is 256 g/mol. The number of hydrogen-bond donors (Lipinski definition) is 1. The number of aliphatic hydroxyl groups is 1. The van der Waals surface area contributed by atoms with Gasteiger partial charge in [0.1, 0.15) is 0 Å². The van der Waals surface area contributed by atoms with Gasteiger partial charge in [-0.25, -0.2) is 0 Å². The first kappa shape index (κ1) is 14.3. The van der Waals surface area contributed by atoms with Crippen LogP contribution in [0, 0.1) is 0 Å². The van der Waals surface area contributed by atoms with E-state index in [-0.39, 0.29) is 0 Å². The summed E-state index contributed by atoms with van der Waals surface area (Å²) >= 11 is 6.16. The van der Waals surface area contributed by atoms with E-state index in [2.05, 4.69) is 25.8 Å². The lowest BCUT2D eigenvalue weighted by molar-refractivity contribution is 0.199. The van der Waals surface area contributed by atoms with Crippen molar-refractivity contribution in [2.75, 3.05) is 11.9 Å². The minimum absolute atomic E-state index is 0.494. The molecular weight excluding hydrogens is 234 g/mol. The van der Waals surface area contributed by atoms with Crippen molar-refractivity contribution in [2.24, 2.45) is 0 Å². The summed E-state index contributed by atoms with van der Waals surface area (Å²) in [5.74, 6) is 0. The van der Waals surface area contributed by atoms with Crippen LogP contribution in [0.1, 0.15) is 45.3 Å². The van der Waals surface area contributed by atoms with Gasteiger partial charge in [-0.05, 0) is 38.0 Å². The Bertz CT molecular complexity index is 365. The van der Waals surface area contributed by atoms with Gasteiger partial charge >= 0.3 is 0 Å². The van der Waals surface area contributed by atoms with Crippen molar-refractivity contribution in [3.8, 4) is 0 Å². The molecule has 0 heterocycles. The van der Waals surface area contributed by atoms with E-state index >= 15 is 0 Å². The molecule has 0 saturated carbocycles. The molecule has 0 fully saturated rings. The Hall–Kier alpha value is -0.730. The van der Waals surface area contributed by atoms with Crippen molar-refractivity contribution in [1.82, 2.24) is 0 Å². The predicted molar refractivity (Wildman–Crippen MR) is 74.9 cm³/mol. The SMILES string of the molecule is CCCC(C)N(C)c1ccc(C(C)O)c(Cl)c1. The number of rotatable bonds is 5. The second kappa shape index (κ2) is 6.27. The van der Waals surface area contributed by atoms with Gasteiger partial charge in [0.05, 0.1) is 6.10 Å². The van der Waals surface area contributed by atoms with E-state index in [1.54, 1.807) is 6.92 Å². The topological polar surface area (TPSA) is 23.5 Å². The molecule has 1 N–H and O–H groups in total. The fourth-order valence-corrected chi connectivity index (χ4v) is 2.27. The van der Waals surface area contributed by atoms with Crippen LogP contribution >= 0.6 is 11.6 Å². The smallest absolute Gasteiger partial charge is 0.0776 e. The summed E-state index contributed by atoms with van der Waals surface area (Å²) < 4.78 is 0. The monoisotopic (exact) mass is 255 g/mol. The number of aliphatic hydroxyl groups excluding tert-OH is 1. The molecule has 2 unspecified atom stereocenters. The molecular formula is C14H22ClNO. The van der Waals surface area contributed by atoms with Gasteiger partial charge in [-0.15, -0.1) is 0 Å². The zero-order valence-corrected chi connectivity index (χ0v) is 11.8. The molecule has 17 heavy (non-hydrogen) atoms. The Labute approximate surface area is 109 Å². The molecule has 0 saturated heterocycles. The Morgan fingerprint density at radius 2 is 2.00 bits per heavy atom. The summed E-state index contributed by atoms with van der Waals surface area (Å²) in [4.78, 5) is 2.22. The summed E-state index contributed by atoms with van der Waals surface area (Å²) in [6.07, 6.45) is 1.81. The molecule has 2 nitrogen and oxygen atoms in total. The van der Waals surface area contributed by atoms with Crippen LogP contribution in [0.15, 0.2) is 18.2 Å². The molecule has 96 valence electrons. The van der Waals surface area contributed by atoms with Gasteiger partial charge in [0.25, 0.3) is 0 Å². The van der Waals surface area contributed by atoms with Crippen molar-refractivity contribution in [2.45, 2.75) is 45.8 Å². The van der Waals surface area contributed by atoms with E-state index in [1.807, 2.05) is 18.2 Å². The van der Waals surface area contributed by atoms with Crippen molar-refractivity contribution in [1.29, 1.82) is 0 Å². The summed E-state index contributed by atoms with van der Waals surface area (Å²) in [6.45, 7) is 6.12. The van der Waals surface area contributed by atoms with Crippen LogP contribution in [0.4, 0.5) is 5.69 Å². The third-order valence-corrected chi connectivity index (χ3v) is 3.54. The maximum atomic E-state index is 9.53. The van der Waals surface area contributed by atoms with E-state index in [0.29, 0.717) is 11.1 Å². The maximum Gasteiger partial charge on any atom is 0.0776 e. The van der Waals surface area contributed by atoms with Gasteiger partial charge in [0, 0.05) is 23.8 Å². The fraction of sp³-hybridized carbons (Fsp3) is 0.571. The summed E-state index contributed by atoms with van der Waals surface area (Å²) in [5, 5.41) is 10.2. The Balaban J connectivity index is 2.89. The van der Waals surface area contributed by atoms with E-state index in [1.165, 1.54) is 6.42 Å².